The Bertz CT molecular complexity index is 950. The summed E-state index contributed by atoms with van der Waals surface area (Å²) in [5, 5.41) is 4.19. The second kappa shape index (κ2) is 6.16. The monoisotopic (exact) mass is 366 g/mol. The summed E-state index contributed by atoms with van der Waals surface area (Å²) in [7, 11) is 0. The van der Waals surface area contributed by atoms with Gasteiger partial charge in [-0.05, 0) is 38.2 Å². The van der Waals surface area contributed by atoms with E-state index in [1.807, 2.05) is 19.2 Å². The molecule has 6 nitrogen and oxygen atoms in total. The van der Waals surface area contributed by atoms with Crippen molar-refractivity contribution in [1.82, 2.24) is 19.9 Å². The Hall–Kier alpha value is -2.28. The molecule has 3 N–H and O–H groups in total. The fourth-order valence-corrected chi connectivity index (χ4v) is 4.45. The number of nitrogen functional groups attached to an aromatic ring is 1. The van der Waals surface area contributed by atoms with Crippen LogP contribution in [0.4, 0.5) is 11.8 Å². The van der Waals surface area contributed by atoms with Crippen molar-refractivity contribution >= 4 is 33.3 Å². The van der Waals surface area contributed by atoms with Crippen molar-refractivity contribution in [2.75, 3.05) is 17.6 Å². The molecule has 0 aliphatic heterocycles. The van der Waals surface area contributed by atoms with E-state index in [9.17, 15) is 0 Å². The van der Waals surface area contributed by atoms with Gasteiger partial charge in [0.1, 0.15) is 16.3 Å². The number of nitrogens with zero attached hydrogens (tertiary/aromatic N) is 4. The third kappa shape index (κ3) is 3.00. The number of aryl methyl sites for hydroxylation is 1. The molecule has 5 rings (SSSR count). The molecule has 3 aromatic heterocycles. The topological polar surface area (TPSA) is 89.6 Å². The number of nitrogens with two attached hydrogens (primary N) is 1. The summed E-state index contributed by atoms with van der Waals surface area (Å²) in [6, 6.07) is 2.03. The van der Waals surface area contributed by atoms with Crippen LogP contribution in [-0.2, 0) is 0 Å². The largest absolute Gasteiger partial charge is 0.383 e. The van der Waals surface area contributed by atoms with Crippen molar-refractivity contribution in [2.45, 2.75) is 44.9 Å². The lowest BCUT2D eigenvalue weighted by Crippen LogP contribution is -2.09. The van der Waals surface area contributed by atoms with Crippen LogP contribution in [0.3, 0.4) is 0 Å². The van der Waals surface area contributed by atoms with Crippen molar-refractivity contribution < 1.29 is 0 Å². The lowest BCUT2D eigenvalue weighted by atomic mass is 10.2. The molecular weight excluding hydrogens is 344 g/mol. The van der Waals surface area contributed by atoms with Crippen LogP contribution < -0.4 is 11.1 Å². The molecule has 0 atom stereocenters. The van der Waals surface area contributed by atoms with E-state index in [0.29, 0.717) is 17.7 Å². The number of anilines is 2. The molecule has 3 aromatic rings. The van der Waals surface area contributed by atoms with Crippen LogP contribution in [-0.4, -0.2) is 26.5 Å². The van der Waals surface area contributed by atoms with E-state index in [4.69, 9.17) is 10.7 Å². The highest BCUT2D eigenvalue weighted by Crippen LogP contribution is 2.44. The Kier molecular flexibility index (Phi) is 3.77. The maximum absolute atomic E-state index is 6.29. The molecule has 0 saturated heterocycles. The summed E-state index contributed by atoms with van der Waals surface area (Å²) in [6.45, 7) is 2.88. The van der Waals surface area contributed by atoms with Crippen LogP contribution in [0.5, 0.6) is 0 Å². The fourth-order valence-electron chi connectivity index (χ4n) is 3.37. The first-order valence-corrected chi connectivity index (χ1v) is 10.1. The van der Waals surface area contributed by atoms with E-state index >= 15 is 0 Å². The van der Waals surface area contributed by atoms with Crippen LogP contribution in [0.2, 0.25) is 0 Å². The number of rotatable bonds is 6. The quantitative estimate of drug-likeness (QED) is 0.682. The number of hydrogen-bond donors (Lipinski definition) is 2. The van der Waals surface area contributed by atoms with Crippen molar-refractivity contribution in [3.8, 4) is 10.6 Å². The van der Waals surface area contributed by atoms with Crippen molar-refractivity contribution in [3.63, 3.8) is 0 Å². The number of fused-ring (bicyclic) bond motifs is 1. The molecule has 2 aliphatic rings. The maximum atomic E-state index is 6.29. The zero-order valence-electron chi connectivity index (χ0n) is 14.8. The Morgan fingerprint density at radius 2 is 2.04 bits per heavy atom. The highest BCUT2D eigenvalue weighted by Gasteiger charge is 2.28. The third-order valence-corrected chi connectivity index (χ3v) is 6.20. The molecule has 0 aromatic carbocycles. The lowest BCUT2D eigenvalue weighted by Gasteiger charge is -2.09. The normalized spacial score (nSPS) is 17.0. The molecule has 134 valence electrons. The Labute approximate surface area is 156 Å². The van der Waals surface area contributed by atoms with Crippen molar-refractivity contribution in [1.29, 1.82) is 0 Å². The van der Waals surface area contributed by atoms with Crippen LogP contribution in [0.1, 0.15) is 49.4 Å². The van der Waals surface area contributed by atoms with Gasteiger partial charge in [0, 0.05) is 18.7 Å². The summed E-state index contributed by atoms with van der Waals surface area (Å²) in [5.41, 5.74) is 10.1. The second-order valence-corrected chi connectivity index (χ2v) is 8.42. The minimum Gasteiger partial charge on any atom is -0.383 e. The molecule has 3 heterocycles. The minimum absolute atomic E-state index is 0.492. The maximum Gasteiger partial charge on any atom is 0.224 e. The average molecular weight is 366 g/mol. The summed E-state index contributed by atoms with van der Waals surface area (Å²) < 4.78 is 1.15. The Morgan fingerprint density at radius 1 is 1.19 bits per heavy atom. The lowest BCUT2D eigenvalue weighted by molar-refractivity contribution is 0.755. The zero-order chi connectivity index (χ0) is 17.7. The van der Waals surface area contributed by atoms with E-state index in [-0.39, 0.29) is 0 Å². The van der Waals surface area contributed by atoms with Gasteiger partial charge in [0.15, 0.2) is 0 Å². The minimum atomic E-state index is 0.492. The molecule has 26 heavy (non-hydrogen) atoms. The first kappa shape index (κ1) is 15.9. The van der Waals surface area contributed by atoms with Gasteiger partial charge in [0.2, 0.25) is 5.95 Å². The molecule has 0 radical (unpaired) electrons. The van der Waals surface area contributed by atoms with Crippen LogP contribution in [0.25, 0.3) is 20.8 Å². The first-order chi connectivity index (χ1) is 12.7. The van der Waals surface area contributed by atoms with Gasteiger partial charge in [-0.2, -0.15) is 4.98 Å². The molecule has 0 spiro atoms. The van der Waals surface area contributed by atoms with Crippen LogP contribution >= 0.6 is 11.3 Å². The molecule has 2 saturated carbocycles. The SMILES string of the molecule is Cc1nc(NCCC2CC2)nc(N)c1-c1nc2c(C3CC3)nccc2s1. The Balaban J connectivity index is 1.47. The average Bonchev–Trinajstić information content (AvgIpc) is 3.52. The van der Waals surface area contributed by atoms with Gasteiger partial charge in [-0.15, -0.1) is 11.3 Å². The van der Waals surface area contributed by atoms with E-state index in [2.05, 4.69) is 20.3 Å². The van der Waals surface area contributed by atoms with Gasteiger partial charge in [-0.25, -0.2) is 9.97 Å². The van der Waals surface area contributed by atoms with E-state index in [1.54, 1.807) is 11.3 Å². The van der Waals surface area contributed by atoms with E-state index in [1.165, 1.54) is 32.1 Å². The second-order valence-electron chi connectivity index (χ2n) is 7.39. The molecule has 2 fully saturated rings. The number of nitrogens with one attached hydrogen (secondary N) is 1. The first-order valence-electron chi connectivity index (χ1n) is 9.33. The smallest absolute Gasteiger partial charge is 0.224 e. The molecule has 7 heteroatoms. The molecule has 0 amide bonds. The van der Waals surface area contributed by atoms with Crippen molar-refractivity contribution in [3.05, 3.63) is 23.7 Å². The number of thiazole rings is 1. The van der Waals surface area contributed by atoms with Crippen molar-refractivity contribution in [2.24, 2.45) is 5.92 Å². The summed E-state index contributed by atoms with van der Waals surface area (Å²) in [4.78, 5) is 18.5. The van der Waals surface area contributed by atoms with Gasteiger partial charge in [-0.3, -0.25) is 4.98 Å². The van der Waals surface area contributed by atoms with Gasteiger partial charge in [0.25, 0.3) is 0 Å². The summed E-state index contributed by atoms with van der Waals surface area (Å²) >= 11 is 1.64. The van der Waals surface area contributed by atoms with Gasteiger partial charge in [0.05, 0.1) is 21.7 Å². The highest BCUT2D eigenvalue weighted by molar-refractivity contribution is 7.21. The zero-order valence-corrected chi connectivity index (χ0v) is 15.6. The predicted molar refractivity (Wildman–Crippen MR) is 105 cm³/mol. The highest BCUT2D eigenvalue weighted by atomic mass is 32.1. The molecule has 0 unspecified atom stereocenters. The Morgan fingerprint density at radius 3 is 2.77 bits per heavy atom. The van der Waals surface area contributed by atoms with E-state index in [0.717, 1.165) is 44.6 Å². The fraction of sp³-hybridized carbons (Fsp3) is 0.474. The summed E-state index contributed by atoms with van der Waals surface area (Å²) in [5.74, 6) is 2.57. The number of aromatic nitrogens is 4. The third-order valence-electron chi connectivity index (χ3n) is 5.16. The predicted octanol–water partition coefficient (Wildman–Crippen LogP) is 4.13. The van der Waals surface area contributed by atoms with E-state index < -0.39 is 0 Å². The van der Waals surface area contributed by atoms with Crippen LogP contribution in [0.15, 0.2) is 12.3 Å². The number of hydrogen-bond acceptors (Lipinski definition) is 7. The van der Waals surface area contributed by atoms with Gasteiger partial charge < -0.3 is 11.1 Å². The summed E-state index contributed by atoms with van der Waals surface area (Å²) in [6.07, 6.45) is 8.21. The van der Waals surface area contributed by atoms with Gasteiger partial charge >= 0.3 is 0 Å². The molecule has 0 bridgehead atoms. The van der Waals surface area contributed by atoms with Crippen LogP contribution in [0, 0.1) is 12.8 Å². The number of pyridine rings is 1. The molecule has 2 aliphatic carbocycles. The standard InChI is InChI=1S/C19H22N6S/c1-10-14(17(20)25-19(23-10)22-8-6-11-2-3-11)18-24-16-13(26-18)7-9-21-15(16)12-4-5-12/h7,9,11-12H,2-6,8H2,1H3,(H3,20,22,23,25). The molecular formula is C19H22N6S. The van der Waals surface area contributed by atoms with Gasteiger partial charge in [-0.1, -0.05) is 12.8 Å².